The molecule has 7 heteroatoms. The SMILES string of the molecule is CC(C)OCCS(=O)(=O)N(CC(=N)N)C(C)C. The first-order valence-corrected chi connectivity index (χ1v) is 7.21. The van der Waals surface area contributed by atoms with Crippen LogP contribution in [0.3, 0.4) is 0 Å². The van der Waals surface area contributed by atoms with Gasteiger partial charge in [0.15, 0.2) is 0 Å². The van der Waals surface area contributed by atoms with Crippen molar-refractivity contribution in [3.63, 3.8) is 0 Å². The summed E-state index contributed by atoms with van der Waals surface area (Å²) in [5, 5.41) is 7.18. The van der Waals surface area contributed by atoms with E-state index in [0.29, 0.717) is 0 Å². The molecule has 0 atom stereocenters. The Hall–Kier alpha value is -0.660. The van der Waals surface area contributed by atoms with Crippen molar-refractivity contribution in [3.8, 4) is 0 Å². The van der Waals surface area contributed by atoms with E-state index in [4.69, 9.17) is 15.9 Å². The van der Waals surface area contributed by atoms with Crippen LogP contribution in [-0.2, 0) is 14.8 Å². The zero-order valence-corrected chi connectivity index (χ0v) is 11.8. The second kappa shape index (κ2) is 6.93. The molecule has 0 spiro atoms. The van der Waals surface area contributed by atoms with Crippen molar-refractivity contribution in [2.45, 2.75) is 39.8 Å². The number of nitrogens with zero attached hydrogens (tertiary/aromatic N) is 1. The van der Waals surface area contributed by atoms with Crippen LogP contribution in [0.1, 0.15) is 27.7 Å². The summed E-state index contributed by atoms with van der Waals surface area (Å²) in [6, 6.07) is -0.219. The second-order valence-corrected chi connectivity index (χ2v) is 6.44. The van der Waals surface area contributed by atoms with Gasteiger partial charge in [-0.05, 0) is 27.7 Å². The molecule has 3 N–H and O–H groups in total. The highest BCUT2D eigenvalue weighted by atomic mass is 32.2. The molecule has 6 nitrogen and oxygen atoms in total. The highest BCUT2D eigenvalue weighted by Crippen LogP contribution is 2.07. The number of ether oxygens (including phenoxy) is 1. The quantitative estimate of drug-likeness (QED) is 0.490. The third-order valence-corrected chi connectivity index (χ3v) is 4.00. The Morgan fingerprint density at radius 3 is 2.24 bits per heavy atom. The average molecular weight is 265 g/mol. The van der Waals surface area contributed by atoms with Crippen molar-refractivity contribution in [2.75, 3.05) is 18.9 Å². The van der Waals surface area contributed by atoms with Crippen LogP contribution in [-0.4, -0.2) is 49.6 Å². The molecule has 0 aromatic heterocycles. The fourth-order valence-electron chi connectivity index (χ4n) is 1.28. The Morgan fingerprint density at radius 2 is 1.88 bits per heavy atom. The third kappa shape index (κ3) is 6.60. The molecule has 0 saturated carbocycles. The van der Waals surface area contributed by atoms with Crippen molar-refractivity contribution in [2.24, 2.45) is 5.73 Å². The summed E-state index contributed by atoms with van der Waals surface area (Å²) in [6.07, 6.45) is 0.00510. The van der Waals surface area contributed by atoms with E-state index in [9.17, 15) is 8.42 Å². The maximum atomic E-state index is 12.0. The van der Waals surface area contributed by atoms with Crippen LogP contribution in [0, 0.1) is 5.41 Å². The molecular formula is C10H23N3O3S. The average Bonchev–Trinajstić information content (AvgIpc) is 2.12. The number of sulfonamides is 1. The van der Waals surface area contributed by atoms with Crippen LogP contribution in [0.25, 0.3) is 0 Å². The first kappa shape index (κ1) is 16.3. The number of rotatable bonds is 8. The number of hydrogen-bond donors (Lipinski definition) is 2. The first-order chi connectivity index (χ1) is 7.66. The van der Waals surface area contributed by atoms with Crippen LogP contribution < -0.4 is 5.73 Å². The van der Waals surface area contributed by atoms with Crippen LogP contribution in [0.15, 0.2) is 0 Å². The van der Waals surface area contributed by atoms with E-state index in [1.807, 2.05) is 13.8 Å². The minimum Gasteiger partial charge on any atom is -0.387 e. The van der Waals surface area contributed by atoms with Gasteiger partial charge in [0.25, 0.3) is 0 Å². The van der Waals surface area contributed by atoms with Crippen LogP contribution in [0.5, 0.6) is 0 Å². The number of hydrogen-bond acceptors (Lipinski definition) is 4. The van der Waals surface area contributed by atoms with Gasteiger partial charge < -0.3 is 10.5 Å². The van der Waals surface area contributed by atoms with Crippen LogP contribution >= 0.6 is 0 Å². The summed E-state index contributed by atoms with van der Waals surface area (Å²) in [5.41, 5.74) is 5.25. The van der Waals surface area contributed by atoms with E-state index >= 15 is 0 Å². The molecule has 0 aromatic carbocycles. The number of amidine groups is 1. The van der Waals surface area contributed by atoms with Crippen LogP contribution in [0.2, 0.25) is 0 Å². The van der Waals surface area contributed by atoms with Gasteiger partial charge >= 0.3 is 0 Å². The zero-order chi connectivity index (χ0) is 13.6. The fourth-order valence-corrected chi connectivity index (χ4v) is 2.80. The van der Waals surface area contributed by atoms with E-state index in [0.717, 1.165) is 0 Å². The highest BCUT2D eigenvalue weighted by Gasteiger charge is 2.25. The molecule has 0 amide bonds. The Labute approximate surface area is 104 Å². The first-order valence-electron chi connectivity index (χ1n) is 5.61. The van der Waals surface area contributed by atoms with Gasteiger partial charge in [-0.15, -0.1) is 0 Å². The zero-order valence-electron chi connectivity index (χ0n) is 10.9. The smallest absolute Gasteiger partial charge is 0.217 e. The number of nitrogens with one attached hydrogen (secondary N) is 1. The van der Waals surface area contributed by atoms with Crippen molar-refractivity contribution < 1.29 is 13.2 Å². The molecule has 0 radical (unpaired) electrons. The molecule has 102 valence electrons. The normalized spacial score (nSPS) is 12.6. The largest absolute Gasteiger partial charge is 0.387 e. The summed E-state index contributed by atoms with van der Waals surface area (Å²) < 4.78 is 30.4. The maximum absolute atomic E-state index is 12.0. The van der Waals surface area contributed by atoms with E-state index in [2.05, 4.69) is 0 Å². The lowest BCUT2D eigenvalue weighted by atomic mass is 10.4. The van der Waals surface area contributed by atoms with Crippen molar-refractivity contribution >= 4 is 15.9 Å². The van der Waals surface area contributed by atoms with E-state index in [1.165, 1.54) is 4.31 Å². The van der Waals surface area contributed by atoms with Gasteiger partial charge in [-0.1, -0.05) is 0 Å². The molecule has 0 aliphatic rings. The predicted molar refractivity (Wildman–Crippen MR) is 68.6 cm³/mol. The summed E-state index contributed by atoms with van der Waals surface area (Å²) in [4.78, 5) is 0. The Bertz CT molecular complexity index is 339. The van der Waals surface area contributed by atoms with Gasteiger partial charge in [0.2, 0.25) is 10.0 Å². The second-order valence-electron chi connectivity index (χ2n) is 4.40. The molecule has 0 rings (SSSR count). The molecule has 0 fully saturated rings. The van der Waals surface area contributed by atoms with Gasteiger partial charge in [-0.25, -0.2) is 8.42 Å². The number of nitrogens with two attached hydrogens (primary N) is 1. The summed E-state index contributed by atoms with van der Waals surface area (Å²) in [7, 11) is -3.42. The maximum Gasteiger partial charge on any atom is 0.217 e. The van der Waals surface area contributed by atoms with Gasteiger partial charge in [0.05, 0.1) is 25.0 Å². The van der Waals surface area contributed by atoms with E-state index < -0.39 is 10.0 Å². The lowest BCUT2D eigenvalue weighted by Gasteiger charge is -2.25. The van der Waals surface area contributed by atoms with Gasteiger partial charge in [0, 0.05) is 6.04 Å². The molecule has 0 bridgehead atoms. The standard InChI is InChI=1S/C10H23N3O3S/c1-8(2)13(7-10(11)12)17(14,15)6-5-16-9(3)4/h8-9H,5-7H2,1-4H3,(H3,11,12). The highest BCUT2D eigenvalue weighted by molar-refractivity contribution is 7.89. The minimum absolute atomic E-state index is 0.00510. The van der Waals surface area contributed by atoms with Gasteiger partial charge in [0.1, 0.15) is 5.84 Å². The lowest BCUT2D eigenvalue weighted by Crippen LogP contribution is -2.44. The van der Waals surface area contributed by atoms with Crippen molar-refractivity contribution in [3.05, 3.63) is 0 Å². The molecule has 17 heavy (non-hydrogen) atoms. The molecule has 0 aliphatic heterocycles. The van der Waals surface area contributed by atoms with E-state index in [1.54, 1.807) is 13.8 Å². The fraction of sp³-hybridized carbons (Fsp3) is 0.900. The predicted octanol–water partition coefficient (Wildman–Crippen LogP) is 0.388. The monoisotopic (exact) mass is 265 g/mol. The summed E-state index contributed by atoms with van der Waals surface area (Å²) in [6.45, 7) is 7.29. The van der Waals surface area contributed by atoms with Crippen molar-refractivity contribution in [1.82, 2.24) is 4.31 Å². The Kier molecular flexibility index (Phi) is 6.66. The minimum atomic E-state index is -3.42. The molecular weight excluding hydrogens is 242 g/mol. The summed E-state index contributed by atoms with van der Waals surface area (Å²) >= 11 is 0. The van der Waals surface area contributed by atoms with Crippen LogP contribution in [0.4, 0.5) is 0 Å². The molecule has 0 aliphatic carbocycles. The van der Waals surface area contributed by atoms with Crippen molar-refractivity contribution in [1.29, 1.82) is 5.41 Å². The molecule has 0 heterocycles. The molecule has 0 aromatic rings. The molecule has 0 saturated heterocycles. The molecule has 0 unspecified atom stereocenters. The topological polar surface area (TPSA) is 96.5 Å². The van der Waals surface area contributed by atoms with Gasteiger partial charge in [-0.3, -0.25) is 5.41 Å². The van der Waals surface area contributed by atoms with Gasteiger partial charge in [-0.2, -0.15) is 4.31 Å². The Balaban J connectivity index is 4.56. The lowest BCUT2D eigenvalue weighted by molar-refractivity contribution is 0.0906. The van der Waals surface area contributed by atoms with E-state index in [-0.39, 0.29) is 36.9 Å². The third-order valence-electron chi connectivity index (χ3n) is 2.05. The Morgan fingerprint density at radius 1 is 1.35 bits per heavy atom. The summed E-state index contributed by atoms with van der Waals surface area (Å²) in [5.74, 6) is -0.247.